The van der Waals surface area contributed by atoms with Gasteiger partial charge in [-0.3, -0.25) is 4.79 Å². The lowest BCUT2D eigenvalue weighted by Gasteiger charge is -2.14. The molecule has 0 aliphatic heterocycles. The Balaban J connectivity index is 1.63. The maximum atomic E-state index is 10.5. The van der Waals surface area contributed by atoms with Crippen LogP contribution in [-0.2, 0) is 4.79 Å². The smallest absolute Gasteiger partial charge is 0.303 e. The lowest BCUT2D eigenvalue weighted by molar-refractivity contribution is -0.137. The fourth-order valence-corrected chi connectivity index (χ4v) is 3.62. The van der Waals surface area contributed by atoms with Crippen molar-refractivity contribution in [2.45, 2.75) is 51.4 Å². The molecule has 0 amide bonds. The van der Waals surface area contributed by atoms with Crippen LogP contribution in [0.5, 0.6) is 5.75 Å². The summed E-state index contributed by atoms with van der Waals surface area (Å²) in [7, 11) is 0. The van der Waals surface area contributed by atoms with Crippen LogP contribution in [0.15, 0.2) is 48.6 Å². The molecule has 0 radical (unpaired) electrons. The van der Waals surface area contributed by atoms with Crippen molar-refractivity contribution in [3.8, 4) is 5.75 Å². The van der Waals surface area contributed by atoms with E-state index in [-0.39, 0.29) is 6.42 Å². The number of benzene rings is 1. The predicted molar refractivity (Wildman–Crippen MR) is 107 cm³/mol. The van der Waals surface area contributed by atoms with Crippen molar-refractivity contribution in [1.29, 1.82) is 0 Å². The zero-order valence-electron chi connectivity index (χ0n) is 15.3. The summed E-state index contributed by atoms with van der Waals surface area (Å²) in [5.74, 6) is 1.48. The van der Waals surface area contributed by atoms with Crippen LogP contribution in [0, 0.1) is 11.8 Å². The van der Waals surface area contributed by atoms with Gasteiger partial charge in [-0.15, -0.1) is 0 Å². The second-order valence-electron chi connectivity index (χ2n) is 6.87. The molecule has 2 atom stereocenters. The van der Waals surface area contributed by atoms with Crippen LogP contribution in [0.4, 0.5) is 0 Å². The molecule has 1 aliphatic carbocycles. The number of carboxylic acids is 1. The van der Waals surface area contributed by atoms with E-state index in [0.717, 1.165) is 37.4 Å². The largest absolute Gasteiger partial charge is 0.493 e. The fraction of sp³-hybridized carbons (Fsp3) is 0.500. The van der Waals surface area contributed by atoms with Gasteiger partial charge in [0.05, 0.1) is 6.61 Å². The van der Waals surface area contributed by atoms with Crippen molar-refractivity contribution in [1.82, 2.24) is 0 Å². The van der Waals surface area contributed by atoms with Crippen molar-refractivity contribution < 1.29 is 14.6 Å². The highest BCUT2D eigenvalue weighted by molar-refractivity contribution is 6.30. The third kappa shape index (κ3) is 8.09. The van der Waals surface area contributed by atoms with Crippen LogP contribution < -0.4 is 4.74 Å². The average Bonchev–Trinajstić information content (AvgIpc) is 3.05. The normalized spacial score (nSPS) is 20.2. The summed E-state index contributed by atoms with van der Waals surface area (Å²) in [5.41, 5.74) is 0. The van der Waals surface area contributed by atoms with Gasteiger partial charge in [0.2, 0.25) is 0 Å². The summed E-state index contributed by atoms with van der Waals surface area (Å²) in [4.78, 5) is 10.5. The standard InChI is InChI=1S/C22H29ClO3/c23-20-13-8-14-21(17-20)26-16-6-5-10-19-12-7-11-18(19)9-3-1-2-4-15-22(24)25/h1,3,5,8,10,13-14,17-19H,2,4,6-7,9,11-12,15-16H2,(H,24,25). The molecule has 1 aliphatic rings. The van der Waals surface area contributed by atoms with Gasteiger partial charge >= 0.3 is 5.97 Å². The monoisotopic (exact) mass is 376 g/mol. The van der Waals surface area contributed by atoms with E-state index < -0.39 is 5.97 Å². The molecule has 1 N–H and O–H groups in total. The summed E-state index contributed by atoms with van der Waals surface area (Å²) < 4.78 is 5.71. The molecule has 0 saturated heterocycles. The van der Waals surface area contributed by atoms with Crippen LogP contribution in [0.1, 0.15) is 51.4 Å². The van der Waals surface area contributed by atoms with Crippen molar-refractivity contribution in [3.05, 3.63) is 53.6 Å². The third-order valence-corrected chi connectivity index (χ3v) is 5.05. The SMILES string of the molecule is O=C(O)CCCC=CCC1CCCC1C=CCCOc1cccc(Cl)c1. The Morgan fingerprint density at radius 2 is 2.12 bits per heavy atom. The first-order chi connectivity index (χ1) is 12.6. The molecule has 0 heterocycles. The molecular formula is C22H29ClO3. The average molecular weight is 377 g/mol. The zero-order valence-corrected chi connectivity index (χ0v) is 16.0. The Morgan fingerprint density at radius 1 is 1.23 bits per heavy atom. The van der Waals surface area contributed by atoms with Crippen molar-refractivity contribution in [2.24, 2.45) is 11.8 Å². The fourth-order valence-electron chi connectivity index (χ4n) is 3.44. The van der Waals surface area contributed by atoms with Gasteiger partial charge in [-0.2, -0.15) is 0 Å². The first-order valence-electron chi connectivity index (χ1n) is 9.57. The van der Waals surface area contributed by atoms with Crippen LogP contribution in [-0.4, -0.2) is 17.7 Å². The molecule has 1 saturated carbocycles. The molecular weight excluding hydrogens is 348 g/mol. The molecule has 0 spiro atoms. The van der Waals surface area contributed by atoms with E-state index >= 15 is 0 Å². The number of unbranched alkanes of at least 4 members (excludes halogenated alkanes) is 1. The number of carbonyl (C=O) groups is 1. The number of halogens is 1. The Bertz CT molecular complexity index is 609. The maximum Gasteiger partial charge on any atom is 0.303 e. The van der Waals surface area contributed by atoms with Crippen molar-refractivity contribution in [2.75, 3.05) is 6.61 Å². The van der Waals surface area contributed by atoms with E-state index in [1.807, 2.05) is 24.3 Å². The summed E-state index contributed by atoms with van der Waals surface area (Å²) in [6, 6.07) is 7.49. The van der Waals surface area contributed by atoms with Gasteiger partial charge in [-0.25, -0.2) is 0 Å². The lowest BCUT2D eigenvalue weighted by Crippen LogP contribution is -2.04. The number of rotatable bonds is 11. The molecule has 142 valence electrons. The Labute approximate surface area is 161 Å². The van der Waals surface area contributed by atoms with Crippen LogP contribution in [0.2, 0.25) is 5.02 Å². The van der Waals surface area contributed by atoms with E-state index in [9.17, 15) is 4.79 Å². The van der Waals surface area contributed by atoms with E-state index in [1.165, 1.54) is 19.3 Å². The van der Waals surface area contributed by atoms with E-state index in [4.69, 9.17) is 21.4 Å². The Kier molecular flexibility index (Phi) is 9.33. The summed E-state index contributed by atoms with van der Waals surface area (Å²) >= 11 is 5.94. The molecule has 1 fully saturated rings. The van der Waals surface area contributed by atoms with Gasteiger partial charge in [-0.05, 0) is 68.6 Å². The molecule has 3 nitrogen and oxygen atoms in total. The van der Waals surface area contributed by atoms with Crippen LogP contribution in [0.3, 0.4) is 0 Å². The second kappa shape index (κ2) is 11.8. The Hall–Kier alpha value is -1.74. The summed E-state index contributed by atoms with van der Waals surface area (Å²) in [6.07, 6.45) is 16.7. The van der Waals surface area contributed by atoms with Gasteiger partial charge in [0, 0.05) is 11.4 Å². The molecule has 2 rings (SSSR count). The number of hydrogen-bond donors (Lipinski definition) is 1. The van der Waals surface area contributed by atoms with Gasteiger partial charge < -0.3 is 9.84 Å². The summed E-state index contributed by atoms with van der Waals surface area (Å²) in [6.45, 7) is 0.664. The zero-order chi connectivity index (χ0) is 18.6. The van der Waals surface area contributed by atoms with Crippen molar-refractivity contribution in [3.63, 3.8) is 0 Å². The quantitative estimate of drug-likeness (QED) is 0.365. The Morgan fingerprint density at radius 3 is 2.92 bits per heavy atom. The van der Waals surface area contributed by atoms with Gasteiger partial charge in [0.25, 0.3) is 0 Å². The summed E-state index contributed by atoms with van der Waals surface area (Å²) in [5, 5.41) is 9.33. The highest BCUT2D eigenvalue weighted by Gasteiger charge is 2.23. The van der Waals surface area contributed by atoms with Gasteiger partial charge in [0.15, 0.2) is 0 Å². The maximum absolute atomic E-state index is 10.5. The highest BCUT2D eigenvalue weighted by Crippen LogP contribution is 2.35. The molecule has 0 aromatic heterocycles. The third-order valence-electron chi connectivity index (χ3n) is 4.82. The first-order valence-corrected chi connectivity index (χ1v) is 9.95. The molecule has 2 unspecified atom stereocenters. The highest BCUT2D eigenvalue weighted by atomic mass is 35.5. The number of ether oxygens (including phenoxy) is 1. The molecule has 1 aromatic carbocycles. The number of hydrogen-bond acceptors (Lipinski definition) is 2. The molecule has 0 bridgehead atoms. The molecule has 4 heteroatoms. The predicted octanol–water partition coefficient (Wildman–Crippen LogP) is 6.28. The lowest BCUT2D eigenvalue weighted by atomic mass is 9.92. The number of carboxylic acid groups (broad SMARTS) is 1. The van der Waals surface area contributed by atoms with Crippen LogP contribution >= 0.6 is 11.6 Å². The number of aliphatic carboxylic acids is 1. The minimum absolute atomic E-state index is 0.260. The van der Waals surface area contributed by atoms with Crippen LogP contribution in [0.25, 0.3) is 0 Å². The van der Waals surface area contributed by atoms with Gasteiger partial charge in [-0.1, -0.05) is 48.4 Å². The number of allylic oxidation sites excluding steroid dienone is 3. The molecule has 1 aromatic rings. The van der Waals surface area contributed by atoms with E-state index in [1.54, 1.807) is 0 Å². The van der Waals surface area contributed by atoms with E-state index in [0.29, 0.717) is 17.5 Å². The van der Waals surface area contributed by atoms with E-state index in [2.05, 4.69) is 24.3 Å². The first kappa shape index (κ1) is 20.6. The second-order valence-corrected chi connectivity index (χ2v) is 7.31. The van der Waals surface area contributed by atoms with Crippen molar-refractivity contribution >= 4 is 17.6 Å². The minimum atomic E-state index is -0.710. The minimum Gasteiger partial charge on any atom is -0.493 e. The topological polar surface area (TPSA) is 46.5 Å². The molecule has 26 heavy (non-hydrogen) atoms. The van der Waals surface area contributed by atoms with Gasteiger partial charge in [0.1, 0.15) is 5.75 Å².